The predicted octanol–water partition coefficient (Wildman–Crippen LogP) is 2.70. The first-order valence-corrected chi connectivity index (χ1v) is 5.84. The Labute approximate surface area is 90.8 Å². The first-order valence-electron chi connectivity index (χ1n) is 5.84. The summed E-state index contributed by atoms with van der Waals surface area (Å²) in [4.78, 5) is 11.4. The van der Waals surface area contributed by atoms with E-state index >= 15 is 0 Å². The molecule has 4 N–H and O–H groups in total. The second-order valence-corrected chi connectivity index (χ2v) is 5.91. The zero-order valence-corrected chi connectivity index (χ0v) is 9.41. The molecule has 0 spiro atoms. The monoisotopic (exact) mass is 211 g/mol. The molecule has 2 atom stereocenters. The van der Waals surface area contributed by atoms with Gasteiger partial charge in [0.1, 0.15) is 0 Å². The molecular weight excluding hydrogens is 190 g/mol. The second-order valence-electron chi connectivity index (χ2n) is 5.91. The van der Waals surface area contributed by atoms with Gasteiger partial charge in [0.25, 0.3) is 0 Å². The van der Waals surface area contributed by atoms with Crippen LogP contribution < -0.4 is 6.15 Å². The minimum atomic E-state index is -0.510. The third-order valence-electron chi connectivity index (χ3n) is 5.20. The Bertz CT molecular complexity index is 273. The Morgan fingerprint density at radius 2 is 1.73 bits per heavy atom. The van der Waals surface area contributed by atoms with Crippen molar-refractivity contribution in [3.8, 4) is 0 Å². The molecular formula is C12H21NO2. The van der Waals surface area contributed by atoms with Crippen LogP contribution in [0, 0.1) is 29.1 Å². The van der Waals surface area contributed by atoms with E-state index in [2.05, 4.69) is 6.92 Å². The van der Waals surface area contributed by atoms with Gasteiger partial charge in [0.2, 0.25) is 0 Å². The van der Waals surface area contributed by atoms with Gasteiger partial charge in [-0.3, -0.25) is 4.79 Å². The minimum Gasteiger partial charge on any atom is -0.481 e. The summed E-state index contributed by atoms with van der Waals surface area (Å²) in [5.41, 5.74) is -0.303. The molecule has 0 heterocycles. The van der Waals surface area contributed by atoms with Crippen LogP contribution in [0.5, 0.6) is 0 Å². The van der Waals surface area contributed by atoms with E-state index in [4.69, 9.17) is 0 Å². The van der Waals surface area contributed by atoms with Crippen molar-refractivity contribution in [3.05, 3.63) is 0 Å². The summed E-state index contributed by atoms with van der Waals surface area (Å²) in [6, 6.07) is 0. The Morgan fingerprint density at radius 3 is 2.20 bits per heavy atom. The molecule has 4 aliphatic carbocycles. The number of hydrogen-bond donors (Lipinski definition) is 2. The number of carbonyl (C=O) groups is 1. The Morgan fingerprint density at radius 1 is 1.20 bits per heavy atom. The van der Waals surface area contributed by atoms with Crippen LogP contribution in [0.2, 0.25) is 0 Å². The van der Waals surface area contributed by atoms with Crippen molar-refractivity contribution < 1.29 is 9.90 Å². The highest BCUT2D eigenvalue weighted by molar-refractivity contribution is 5.75. The molecule has 4 aliphatic rings. The van der Waals surface area contributed by atoms with E-state index in [9.17, 15) is 9.90 Å². The zero-order chi connectivity index (χ0) is 9.92. The molecule has 86 valence electrons. The highest BCUT2D eigenvalue weighted by Crippen LogP contribution is 2.62. The van der Waals surface area contributed by atoms with Crippen LogP contribution in [-0.2, 0) is 4.79 Å². The molecule has 0 aromatic rings. The van der Waals surface area contributed by atoms with E-state index in [-0.39, 0.29) is 11.6 Å². The lowest BCUT2D eigenvalue weighted by atomic mass is 9.46. The maximum atomic E-state index is 11.4. The molecule has 15 heavy (non-hydrogen) atoms. The SMILES string of the molecule is CC1C2CC3CC1CC(C(=O)O)(C3)C2.N. The first-order chi connectivity index (χ1) is 6.61. The molecule has 3 nitrogen and oxygen atoms in total. The minimum absolute atomic E-state index is 0. The van der Waals surface area contributed by atoms with Gasteiger partial charge in [0.15, 0.2) is 0 Å². The van der Waals surface area contributed by atoms with Gasteiger partial charge in [-0.15, -0.1) is 0 Å². The first kappa shape index (κ1) is 10.9. The molecule has 0 aliphatic heterocycles. The quantitative estimate of drug-likeness (QED) is 0.700. The molecule has 4 rings (SSSR count). The van der Waals surface area contributed by atoms with E-state index in [0.29, 0.717) is 0 Å². The van der Waals surface area contributed by atoms with Crippen molar-refractivity contribution in [1.82, 2.24) is 6.15 Å². The summed E-state index contributed by atoms with van der Waals surface area (Å²) >= 11 is 0. The summed E-state index contributed by atoms with van der Waals surface area (Å²) in [5, 5.41) is 9.37. The van der Waals surface area contributed by atoms with Crippen molar-refractivity contribution in [2.24, 2.45) is 29.1 Å². The number of hydrogen-bond acceptors (Lipinski definition) is 2. The van der Waals surface area contributed by atoms with Gasteiger partial charge >= 0.3 is 5.97 Å². The van der Waals surface area contributed by atoms with Gasteiger partial charge in [-0.2, -0.15) is 0 Å². The summed E-state index contributed by atoms with van der Waals surface area (Å²) < 4.78 is 0. The smallest absolute Gasteiger partial charge is 0.309 e. The zero-order valence-electron chi connectivity index (χ0n) is 9.41. The number of carboxylic acids is 1. The van der Waals surface area contributed by atoms with Gasteiger partial charge in [0, 0.05) is 0 Å². The van der Waals surface area contributed by atoms with Crippen molar-refractivity contribution in [2.75, 3.05) is 0 Å². The lowest BCUT2D eigenvalue weighted by Gasteiger charge is -2.57. The maximum absolute atomic E-state index is 11.4. The number of rotatable bonds is 1. The lowest BCUT2D eigenvalue weighted by molar-refractivity contribution is -0.169. The average Bonchev–Trinajstić information content (AvgIpc) is 2.12. The van der Waals surface area contributed by atoms with E-state index in [0.717, 1.165) is 42.9 Å². The van der Waals surface area contributed by atoms with Gasteiger partial charge in [-0.05, 0) is 55.8 Å². The number of aliphatic carboxylic acids is 1. The van der Waals surface area contributed by atoms with E-state index in [1.807, 2.05) is 0 Å². The summed E-state index contributed by atoms with van der Waals surface area (Å²) in [6.45, 7) is 2.34. The summed E-state index contributed by atoms with van der Waals surface area (Å²) in [6.07, 6.45) is 5.54. The predicted molar refractivity (Wildman–Crippen MR) is 57.8 cm³/mol. The van der Waals surface area contributed by atoms with Gasteiger partial charge in [0.05, 0.1) is 5.41 Å². The molecule has 0 aromatic heterocycles. The topological polar surface area (TPSA) is 72.3 Å². The molecule has 0 saturated heterocycles. The Balaban J connectivity index is 0.000000853. The number of carboxylic acid groups (broad SMARTS) is 1. The third kappa shape index (κ3) is 1.32. The second kappa shape index (κ2) is 3.21. The Kier molecular flexibility index (Phi) is 2.34. The molecule has 0 amide bonds. The van der Waals surface area contributed by atoms with Crippen molar-refractivity contribution in [2.45, 2.75) is 39.0 Å². The molecule has 4 saturated carbocycles. The fourth-order valence-corrected chi connectivity index (χ4v) is 4.54. The lowest BCUT2D eigenvalue weighted by Crippen LogP contribution is -2.53. The average molecular weight is 211 g/mol. The van der Waals surface area contributed by atoms with E-state index in [1.165, 1.54) is 12.8 Å². The maximum Gasteiger partial charge on any atom is 0.309 e. The molecule has 0 radical (unpaired) electrons. The summed E-state index contributed by atoms with van der Waals surface area (Å²) in [7, 11) is 0. The third-order valence-corrected chi connectivity index (χ3v) is 5.20. The van der Waals surface area contributed by atoms with Crippen LogP contribution in [0.15, 0.2) is 0 Å². The molecule has 0 aromatic carbocycles. The largest absolute Gasteiger partial charge is 0.481 e. The van der Waals surface area contributed by atoms with Crippen LogP contribution in [0.4, 0.5) is 0 Å². The van der Waals surface area contributed by atoms with E-state index in [1.54, 1.807) is 0 Å². The van der Waals surface area contributed by atoms with Crippen molar-refractivity contribution in [1.29, 1.82) is 0 Å². The fraction of sp³-hybridized carbons (Fsp3) is 0.917. The van der Waals surface area contributed by atoms with Gasteiger partial charge in [-0.25, -0.2) is 0 Å². The molecule has 4 bridgehead atoms. The standard InChI is InChI=1S/C12H18O2.H3N/c1-7-9-2-8-3-10(7)6-12(4-8,5-9)11(13)14;/h7-10H,2-6H2,1H3,(H,13,14);1H3. The van der Waals surface area contributed by atoms with Crippen molar-refractivity contribution >= 4 is 5.97 Å². The van der Waals surface area contributed by atoms with Crippen LogP contribution in [-0.4, -0.2) is 11.1 Å². The van der Waals surface area contributed by atoms with E-state index < -0.39 is 5.97 Å². The van der Waals surface area contributed by atoms with Crippen LogP contribution in [0.1, 0.15) is 39.0 Å². The summed E-state index contributed by atoms with van der Waals surface area (Å²) in [5.74, 6) is 2.46. The van der Waals surface area contributed by atoms with Gasteiger partial charge < -0.3 is 11.3 Å². The van der Waals surface area contributed by atoms with Crippen LogP contribution in [0.3, 0.4) is 0 Å². The van der Waals surface area contributed by atoms with Gasteiger partial charge in [-0.1, -0.05) is 6.92 Å². The van der Waals surface area contributed by atoms with Crippen LogP contribution >= 0.6 is 0 Å². The molecule has 4 fully saturated rings. The molecule has 2 unspecified atom stereocenters. The Hall–Kier alpha value is -0.570. The normalized spacial score (nSPS) is 51.3. The molecule has 3 heteroatoms. The van der Waals surface area contributed by atoms with Crippen LogP contribution in [0.25, 0.3) is 0 Å². The highest BCUT2D eigenvalue weighted by atomic mass is 16.4. The highest BCUT2D eigenvalue weighted by Gasteiger charge is 2.57. The fourth-order valence-electron chi connectivity index (χ4n) is 4.54. The van der Waals surface area contributed by atoms with Crippen molar-refractivity contribution in [3.63, 3.8) is 0 Å².